The number of amides is 1. The molecule has 0 heterocycles. The van der Waals surface area contributed by atoms with E-state index in [1.54, 1.807) is 72.8 Å². The van der Waals surface area contributed by atoms with E-state index < -0.39 is 10.0 Å². The fourth-order valence-electron chi connectivity index (χ4n) is 3.57. The van der Waals surface area contributed by atoms with Crippen molar-refractivity contribution in [1.82, 2.24) is 0 Å². The molecular weight excluding hydrogens is 462 g/mol. The van der Waals surface area contributed by atoms with E-state index in [1.807, 2.05) is 18.2 Å². The number of amidine groups is 1. The zero-order chi connectivity index (χ0) is 25.0. The zero-order valence-electron chi connectivity index (χ0n) is 18.5. The van der Waals surface area contributed by atoms with Gasteiger partial charge in [-0.3, -0.25) is 10.2 Å². The fraction of sp³-hybridized carbons (Fsp3) is 0. The molecule has 0 aliphatic heterocycles. The number of carbonyl (C=O) groups excluding carboxylic acids is 1. The summed E-state index contributed by atoms with van der Waals surface area (Å²) in [6.45, 7) is 0. The Labute approximate surface area is 203 Å². The van der Waals surface area contributed by atoms with E-state index in [4.69, 9.17) is 16.3 Å². The van der Waals surface area contributed by atoms with Crippen molar-refractivity contribution in [2.24, 2.45) is 10.9 Å². The fourth-order valence-corrected chi connectivity index (χ4v) is 4.33. The molecule has 0 unspecified atom stereocenters. The third-order valence-electron chi connectivity index (χ3n) is 5.28. The van der Waals surface area contributed by atoms with Gasteiger partial charge in [0.2, 0.25) is 10.0 Å². The Morgan fingerprint density at radius 1 is 0.771 bits per heavy atom. The normalized spacial score (nSPS) is 11.0. The van der Waals surface area contributed by atoms with Gasteiger partial charge in [0.05, 0.1) is 16.3 Å². The van der Waals surface area contributed by atoms with Crippen LogP contribution in [0.15, 0.2) is 102 Å². The standard InChI is InChI=1S/C26H23N5O3S/c27-25(28)19-6-5-7-20(16-19)30-22-9-2-3-10-23(22)31-26(32)18-14-12-17(13-15-18)21-8-1-4-11-24(21)35(29,33)34/h1-16,30H,(H3,27,28)(H,31,32)(H2,29,33,34). The molecule has 0 saturated carbocycles. The van der Waals surface area contributed by atoms with Gasteiger partial charge in [-0.05, 0) is 48.0 Å². The molecule has 4 aromatic rings. The van der Waals surface area contributed by atoms with Crippen molar-refractivity contribution >= 4 is 38.8 Å². The highest BCUT2D eigenvalue weighted by molar-refractivity contribution is 7.89. The maximum Gasteiger partial charge on any atom is 0.255 e. The number of primary sulfonamides is 1. The number of rotatable bonds is 7. The number of para-hydroxylation sites is 2. The summed E-state index contributed by atoms with van der Waals surface area (Å²) in [6.07, 6.45) is 0. The summed E-state index contributed by atoms with van der Waals surface area (Å²) >= 11 is 0. The number of nitrogen functional groups attached to an aromatic ring is 1. The van der Waals surface area contributed by atoms with E-state index in [1.165, 1.54) is 6.07 Å². The van der Waals surface area contributed by atoms with Gasteiger partial charge < -0.3 is 16.4 Å². The number of nitrogens with two attached hydrogens (primary N) is 2. The largest absolute Gasteiger partial charge is 0.384 e. The van der Waals surface area contributed by atoms with Crippen molar-refractivity contribution < 1.29 is 13.2 Å². The summed E-state index contributed by atoms with van der Waals surface area (Å²) in [6, 6.07) is 27.4. The molecule has 176 valence electrons. The third kappa shape index (κ3) is 5.55. The van der Waals surface area contributed by atoms with E-state index in [0.29, 0.717) is 33.6 Å². The Morgan fingerprint density at radius 2 is 1.43 bits per heavy atom. The van der Waals surface area contributed by atoms with E-state index in [9.17, 15) is 13.2 Å². The second kappa shape index (κ2) is 9.80. The van der Waals surface area contributed by atoms with Crippen LogP contribution in [0, 0.1) is 5.41 Å². The Bertz CT molecular complexity index is 1520. The summed E-state index contributed by atoms with van der Waals surface area (Å²) in [5.74, 6) is -0.367. The molecule has 4 rings (SSSR count). The lowest BCUT2D eigenvalue weighted by Crippen LogP contribution is -2.14. The minimum atomic E-state index is -3.89. The number of nitrogens with one attached hydrogen (secondary N) is 3. The SMILES string of the molecule is N=C(N)c1cccc(Nc2ccccc2NC(=O)c2ccc(-c3ccccc3S(N)(=O)=O)cc2)c1. The van der Waals surface area contributed by atoms with Crippen LogP contribution >= 0.6 is 0 Å². The van der Waals surface area contributed by atoms with Crippen LogP contribution in [0.5, 0.6) is 0 Å². The average Bonchev–Trinajstić information content (AvgIpc) is 2.85. The zero-order valence-corrected chi connectivity index (χ0v) is 19.3. The Hall–Kier alpha value is -4.47. The topological polar surface area (TPSA) is 151 Å². The molecule has 0 aromatic heterocycles. The highest BCUT2D eigenvalue weighted by atomic mass is 32.2. The highest BCUT2D eigenvalue weighted by Gasteiger charge is 2.15. The minimum Gasteiger partial charge on any atom is -0.384 e. The van der Waals surface area contributed by atoms with Gasteiger partial charge >= 0.3 is 0 Å². The van der Waals surface area contributed by atoms with Crippen LogP contribution in [0.1, 0.15) is 15.9 Å². The van der Waals surface area contributed by atoms with Crippen LogP contribution in [-0.4, -0.2) is 20.2 Å². The van der Waals surface area contributed by atoms with Crippen molar-refractivity contribution in [2.75, 3.05) is 10.6 Å². The summed E-state index contributed by atoms with van der Waals surface area (Å²) in [7, 11) is -3.89. The van der Waals surface area contributed by atoms with Crippen LogP contribution in [0.2, 0.25) is 0 Å². The Kier molecular flexibility index (Phi) is 6.63. The molecule has 7 N–H and O–H groups in total. The highest BCUT2D eigenvalue weighted by Crippen LogP contribution is 2.28. The third-order valence-corrected chi connectivity index (χ3v) is 6.25. The summed E-state index contributed by atoms with van der Waals surface area (Å²) in [4.78, 5) is 13.0. The molecule has 0 aliphatic rings. The lowest BCUT2D eigenvalue weighted by molar-refractivity contribution is 0.102. The van der Waals surface area contributed by atoms with E-state index in [-0.39, 0.29) is 16.6 Å². The van der Waals surface area contributed by atoms with Gasteiger partial charge in [0.1, 0.15) is 5.84 Å². The first-order valence-corrected chi connectivity index (χ1v) is 12.1. The first-order valence-electron chi connectivity index (χ1n) is 10.6. The monoisotopic (exact) mass is 485 g/mol. The quantitative estimate of drug-likeness (QED) is 0.195. The van der Waals surface area contributed by atoms with Gasteiger partial charge in [0, 0.05) is 22.4 Å². The number of hydrogen-bond acceptors (Lipinski definition) is 5. The number of anilines is 3. The van der Waals surface area contributed by atoms with Crippen molar-refractivity contribution in [3.63, 3.8) is 0 Å². The van der Waals surface area contributed by atoms with Gasteiger partial charge in [-0.25, -0.2) is 13.6 Å². The van der Waals surface area contributed by atoms with Crippen LogP contribution in [0.4, 0.5) is 17.1 Å². The maximum atomic E-state index is 12.9. The number of carbonyl (C=O) groups is 1. The number of benzene rings is 4. The van der Waals surface area contributed by atoms with E-state index >= 15 is 0 Å². The van der Waals surface area contributed by atoms with Gasteiger partial charge in [0.25, 0.3) is 5.91 Å². The predicted molar refractivity (Wildman–Crippen MR) is 138 cm³/mol. The molecule has 0 saturated heterocycles. The molecule has 9 heteroatoms. The molecule has 35 heavy (non-hydrogen) atoms. The molecule has 0 bridgehead atoms. The lowest BCUT2D eigenvalue weighted by Gasteiger charge is -2.14. The van der Waals surface area contributed by atoms with E-state index in [0.717, 1.165) is 5.69 Å². The van der Waals surface area contributed by atoms with Crippen LogP contribution in [-0.2, 0) is 10.0 Å². The molecule has 0 aliphatic carbocycles. The molecule has 0 fully saturated rings. The molecule has 8 nitrogen and oxygen atoms in total. The van der Waals surface area contributed by atoms with Gasteiger partial charge in [0.15, 0.2) is 0 Å². The molecule has 4 aromatic carbocycles. The average molecular weight is 486 g/mol. The van der Waals surface area contributed by atoms with Crippen LogP contribution in [0.25, 0.3) is 11.1 Å². The minimum absolute atomic E-state index is 0.0195. The number of sulfonamides is 1. The van der Waals surface area contributed by atoms with Crippen molar-refractivity contribution in [3.8, 4) is 11.1 Å². The maximum absolute atomic E-state index is 12.9. The van der Waals surface area contributed by atoms with Gasteiger partial charge in [-0.15, -0.1) is 0 Å². The van der Waals surface area contributed by atoms with Gasteiger partial charge in [-0.1, -0.05) is 54.6 Å². The summed E-state index contributed by atoms with van der Waals surface area (Å²) < 4.78 is 23.8. The molecule has 0 radical (unpaired) electrons. The summed E-state index contributed by atoms with van der Waals surface area (Å²) in [5, 5.41) is 19.1. The van der Waals surface area contributed by atoms with Crippen molar-refractivity contribution in [2.45, 2.75) is 4.90 Å². The smallest absolute Gasteiger partial charge is 0.255 e. The van der Waals surface area contributed by atoms with Crippen molar-refractivity contribution in [3.05, 3.63) is 108 Å². The number of hydrogen-bond donors (Lipinski definition) is 5. The first kappa shape index (κ1) is 23.7. The second-order valence-electron chi connectivity index (χ2n) is 7.74. The predicted octanol–water partition coefficient (Wildman–Crippen LogP) is 4.28. The molecule has 1 amide bonds. The van der Waals surface area contributed by atoms with E-state index in [2.05, 4.69) is 10.6 Å². The second-order valence-corrected chi connectivity index (χ2v) is 9.27. The van der Waals surface area contributed by atoms with Crippen LogP contribution < -0.4 is 21.5 Å². The molecular formula is C26H23N5O3S. The molecule has 0 spiro atoms. The van der Waals surface area contributed by atoms with Crippen molar-refractivity contribution in [1.29, 1.82) is 5.41 Å². The molecule has 0 atom stereocenters. The van der Waals surface area contributed by atoms with Crippen LogP contribution in [0.3, 0.4) is 0 Å². The Balaban J connectivity index is 1.55. The lowest BCUT2D eigenvalue weighted by atomic mass is 10.0. The summed E-state index contributed by atoms with van der Waals surface area (Å²) in [5.41, 5.74) is 9.59. The van der Waals surface area contributed by atoms with Gasteiger partial charge in [-0.2, -0.15) is 0 Å². The Morgan fingerprint density at radius 3 is 2.11 bits per heavy atom. The first-order chi connectivity index (χ1) is 16.7.